The molecule has 1 aromatic heterocycles. The van der Waals surface area contributed by atoms with Crippen LogP contribution in [-0.4, -0.2) is 30.7 Å². The molecular formula is C15H24N2O3. The quantitative estimate of drug-likeness (QED) is 0.834. The molecule has 1 atom stereocenters. The molecule has 0 saturated carbocycles. The monoisotopic (exact) mass is 280 g/mol. The number of aromatic nitrogens is 1. The van der Waals surface area contributed by atoms with E-state index in [9.17, 15) is 4.79 Å². The van der Waals surface area contributed by atoms with Crippen LogP contribution in [0.5, 0.6) is 5.88 Å². The number of pyridine rings is 1. The average Bonchev–Trinajstić information content (AvgIpc) is 2.44. The summed E-state index contributed by atoms with van der Waals surface area (Å²) in [7, 11) is 3.13. The van der Waals surface area contributed by atoms with Gasteiger partial charge in [0.25, 0.3) is 5.91 Å². The number of anilines is 1. The maximum absolute atomic E-state index is 12.3. The van der Waals surface area contributed by atoms with E-state index in [1.165, 1.54) is 0 Å². The van der Waals surface area contributed by atoms with Crippen molar-refractivity contribution in [2.45, 2.75) is 45.6 Å². The van der Waals surface area contributed by atoms with Crippen LogP contribution >= 0.6 is 0 Å². The minimum absolute atomic E-state index is 0.153. The van der Waals surface area contributed by atoms with Gasteiger partial charge < -0.3 is 14.8 Å². The molecule has 0 aromatic carbocycles. The molecule has 0 spiro atoms. The van der Waals surface area contributed by atoms with Gasteiger partial charge in [0.2, 0.25) is 5.88 Å². The molecule has 1 rings (SSSR count). The minimum atomic E-state index is -0.816. The summed E-state index contributed by atoms with van der Waals surface area (Å²) in [6.45, 7) is 5.78. The molecular weight excluding hydrogens is 256 g/mol. The molecule has 1 heterocycles. The molecule has 0 bridgehead atoms. The Morgan fingerprint density at radius 1 is 1.45 bits per heavy atom. The van der Waals surface area contributed by atoms with Crippen LogP contribution in [-0.2, 0) is 9.53 Å². The first kappa shape index (κ1) is 16.4. The highest BCUT2D eigenvalue weighted by Gasteiger charge is 2.32. The van der Waals surface area contributed by atoms with Gasteiger partial charge in [-0.2, -0.15) is 0 Å². The number of hydrogen-bond acceptors (Lipinski definition) is 4. The molecule has 0 radical (unpaired) electrons. The number of carbonyl (C=O) groups excluding carboxylic acids is 1. The average molecular weight is 280 g/mol. The van der Waals surface area contributed by atoms with E-state index in [0.29, 0.717) is 18.0 Å². The molecule has 112 valence electrons. The normalized spacial score (nSPS) is 13.7. The summed E-state index contributed by atoms with van der Waals surface area (Å²) >= 11 is 0. The smallest absolute Gasteiger partial charge is 0.256 e. The minimum Gasteiger partial charge on any atom is -0.481 e. The van der Waals surface area contributed by atoms with Gasteiger partial charge in [-0.25, -0.2) is 4.98 Å². The van der Waals surface area contributed by atoms with E-state index in [0.717, 1.165) is 18.4 Å². The van der Waals surface area contributed by atoms with Crippen molar-refractivity contribution in [3.8, 4) is 5.88 Å². The fraction of sp³-hybridized carbons (Fsp3) is 0.600. The van der Waals surface area contributed by atoms with Gasteiger partial charge in [0.05, 0.1) is 19.0 Å². The zero-order valence-electron chi connectivity index (χ0n) is 12.9. The first-order valence-electron chi connectivity index (χ1n) is 6.84. The molecule has 0 aliphatic heterocycles. The lowest BCUT2D eigenvalue weighted by Gasteiger charge is -2.26. The van der Waals surface area contributed by atoms with Gasteiger partial charge in [0.15, 0.2) is 0 Å². The van der Waals surface area contributed by atoms with Crippen molar-refractivity contribution >= 4 is 11.6 Å². The maximum atomic E-state index is 12.3. The zero-order valence-corrected chi connectivity index (χ0v) is 12.9. The first-order chi connectivity index (χ1) is 9.46. The number of ether oxygens (including phenoxy) is 2. The maximum Gasteiger partial charge on any atom is 0.256 e. The van der Waals surface area contributed by atoms with Crippen molar-refractivity contribution in [1.29, 1.82) is 0 Å². The van der Waals surface area contributed by atoms with Gasteiger partial charge in [-0.3, -0.25) is 4.79 Å². The number of nitrogens with zero attached hydrogens (tertiary/aromatic N) is 1. The highest BCUT2D eigenvalue weighted by molar-refractivity contribution is 5.97. The van der Waals surface area contributed by atoms with Crippen LogP contribution in [0, 0.1) is 6.92 Å². The number of nitrogens with one attached hydrogen (secondary N) is 1. The summed E-state index contributed by atoms with van der Waals surface area (Å²) in [5.41, 5.74) is 0.704. The van der Waals surface area contributed by atoms with Crippen LogP contribution < -0.4 is 10.1 Å². The van der Waals surface area contributed by atoms with E-state index in [1.54, 1.807) is 20.4 Å². The number of aryl methyl sites for hydroxylation is 1. The van der Waals surface area contributed by atoms with Crippen LogP contribution in [0.3, 0.4) is 0 Å². The number of rotatable bonds is 7. The molecule has 0 aliphatic rings. The van der Waals surface area contributed by atoms with Crippen molar-refractivity contribution in [2.24, 2.45) is 0 Å². The second-order valence-corrected chi connectivity index (χ2v) is 5.04. The zero-order chi connectivity index (χ0) is 15.2. The van der Waals surface area contributed by atoms with Crippen LogP contribution in [0.1, 0.15) is 38.7 Å². The molecule has 1 N–H and O–H groups in total. The SMILES string of the molecule is CCCC[C@](C)(OC)C(=O)Nc1cnc(OC)c(C)c1. The summed E-state index contributed by atoms with van der Waals surface area (Å²) < 4.78 is 10.5. The van der Waals surface area contributed by atoms with Crippen LogP contribution in [0.4, 0.5) is 5.69 Å². The van der Waals surface area contributed by atoms with Gasteiger partial charge in [-0.15, -0.1) is 0 Å². The Bertz CT molecular complexity index is 462. The molecule has 0 aliphatic carbocycles. The van der Waals surface area contributed by atoms with Gasteiger partial charge in [0.1, 0.15) is 5.60 Å². The Balaban J connectivity index is 2.80. The van der Waals surface area contributed by atoms with E-state index >= 15 is 0 Å². The van der Waals surface area contributed by atoms with Crippen molar-refractivity contribution in [1.82, 2.24) is 4.98 Å². The fourth-order valence-corrected chi connectivity index (χ4v) is 1.93. The van der Waals surface area contributed by atoms with Gasteiger partial charge in [0, 0.05) is 12.7 Å². The third-order valence-electron chi connectivity index (χ3n) is 3.42. The predicted octanol–water partition coefficient (Wildman–Crippen LogP) is 2.93. The Kier molecular flexibility index (Phi) is 5.95. The van der Waals surface area contributed by atoms with E-state index < -0.39 is 5.60 Å². The molecule has 0 unspecified atom stereocenters. The van der Waals surface area contributed by atoms with E-state index in [-0.39, 0.29) is 5.91 Å². The lowest BCUT2D eigenvalue weighted by Crippen LogP contribution is -2.41. The highest BCUT2D eigenvalue weighted by Crippen LogP contribution is 2.22. The van der Waals surface area contributed by atoms with Crippen LogP contribution in [0.2, 0.25) is 0 Å². The Morgan fingerprint density at radius 3 is 2.65 bits per heavy atom. The summed E-state index contributed by atoms with van der Waals surface area (Å²) in [4.78, 5) is 16.5. The molecule has 5 heteroatoms. The van der Waals surface area contributed by atoms with Gasteiger partial charge >= 0.3 is 0 Å². The number of hydrogen-bond donors (Lipinski definition) is 1. The van der Waals surface area contributed by atoms with Gasteiger partial charge in [-0.1, -0.05) is 19.8 Å². The van der Waals surface area contributed by atoms with Gasteiger partial charge in [-0.05, 0) is 26.3 Å². The molecule has 1 amide bonds. The van der Waals surface area contributed by atoms with Crippen molar-refractivity contribution < 1.29 is 14.3 Å². The first-order valence-corrected chi connectivity index (χ1v) is 6.84. The van der Waals surface area contributed by atoms with Crippen LogP contribution in [0.25, 0.3) is 0 Å². The van der Waals surface area contributed by atoms with Crippen molar-refractivity contribution in [3.05, 3.63) is 17.8 Å². The topological polar surface area (TPSA) is 60.5 Å². The third kappa shape index (κ3) is 3.93. The fourth-order valence-electron chi connectivity index (χ4n) is 1.93. The summed E-state index contributed by atoms with van der Waals surface area (Å²) in [6.07, 6.45) is 4.24. The number of methoxy groups -OCH3 is 2. The third-order valence-corrected chi connectivity index (χ3v) is 3.42. The van der Waals surface area contributed by atoms with Crippen molar-refractivity contribution in [2.75, 3.05) is 19.5 Å². The lowest BCUT2D eigenvalue weighted by molar-refractivity contribution is -0.136. The summed E-state index contributed by atoms with van der Waals surface area (Å²) in [6, 6.07) is 1.83. The Hall–Kier alpha value is -1.62. The predicted molar refractivity (Wildman–Crippen MR) is 79.1 cm³/mol. The standard InChI is InChI=1S/C15H24N2O3/c1-6-7-8-15(3,20-5)14(18)17-12-9-11(2)13(19-4)16-10-12/h9-10H,6-8H2,1-5H3,(H,17,18)/t15-/m0/s1. The van der Waals surface area contributed by atoms with Crippen molar-refractivity contribution in [3.63, 3.8) is 0 Å². The number of carbonyl (C=O) groups is 1. The van der Waals surface area contributed by atoms with E-state index in [2.05, 4.69) is 17.2 Å². The van der Waals surface area contributed by atoms with E-state index in [4.69, 9.17) is 9.47 Å². The number of unbranched alkanes of at least 4 members (excludes halogenated alkanes) is 1. The molecule has 20 heavy (non-hydrogen) atoms. The molecule has 1 aromatic rings. The van der Waals surface area contributed by atoms with Crippen LogP contribution in [0.15, 0.2) is 12.3 Å². The highest BCUT2D eigenvalue weighted by atomic mass is 16.5. The summed E-state index contributed by atoms with van der Waals surface area (Å²) in [5, 5.41) is 2.85. The molecule has 0 saturated heterocycles. The second-order valence-electron chi connectivity index (χ2n) is 5.04. The molecule has 5 nitrogen and oxygen atoms in total. The molecule has 0 fully saturated rings. The second kappa shape index (κ2) is 7.24. The summed E-state index contributed by atoms with van der Waals surface area (Å²) in [5.74, 6) is 0.406. The number of amides is 1. The van der Waals surface area contributed by atoms with E-state index in [1.807, 2.05) is 19.9 Å². The lowest BCUT2D eigenvalue weighted by atomic mass is 9.97. The largest absolute Gasteiger partial charge is 0.481 e. The Morgan fingerprint density at radius 2 is 2.15 bits per heavy atom. The Labute approximate surface area is 120 Å².